The second kappa shape index (κ2) is 16.8. The van der Waals surface area contributed by atoms with Crippen molar-refractivity contribution in [1.82, 2.24) is 24.8 Å². The summed E-state index contributed by atoms with van der Waals surface area (Å²) < 4.78 is 13.0. The molecule has 6 rings (SSSR count). The summed E-state index contributed by atoms with van der Waals surface area (Å²) in [7, 11) is 3.63. The number of halogens is 1. The second-order valence-corrected chi connectivity index (χ2v) is 14.5. The van der Waals surface area contributed by atoms with Crippen molar-refractivity contribution in [3.8, 4) is 17.3 Å². The van der Waals surface area contributed by atoms with Gasteiger partial charge in [0.25, 0.3) is 11.8 Å². The van der Waals surface area contributed by atoms with E-state index in [1.54, 1.807) is 43.7 Å². The van der Waals surface area contributed by atoms with E-state index >= 15 is 0 Å². The van der Waals surface area contributed by atoms with Gasteiger partial charge < -0.3 is 29.6 Å². The number of anilines is 1. The number of hydrogen-bond donors (Lipinski definition) is 2. The predicted octanol–water partition coefficient (Wildman–Crippen LogP) is 7.06. The monoisotopic (exact) mass is 754 g/mol. The smallest absolute Gasteiger partial charge is 0.331 e. The molecule has 0 atom stereocenters. The number of nitrogens with zero attached hydrogens (tertiary/aromatic N) is 4. The molecule has 4 aromatic rings. The Bertz CT molecular complexity index is 2070. The molecular weight excluding hydrogens is 708 g/mol. The fraction of sp³-hybridized carbons (Fsp3) is 0.415. The molecule has 2 aliphatic carbocycles. The lowest BCUT2D eigenvalue weighted by Gasteiger charge is -2.40. The standard InChI is InChI=1S/C41H47ClN6O6/c1-5-20-47(3)34(49)25-54-35(50)17-14-26-12-15-30(22-33(26)53-6-2)45-40(52)41(18-9-19-41)46-39(51)28-13-16-31-32(21-28)48(4)37(36(31)27-10-7-8-11-27)38-43-23-29(42)24-44-38/h12-17,21-24,27H,5-11,18-20,25H2,1-4H3,(H,45,52)(H,46,51)/b17-14+. The van der Waals surface area contributed by atoms with Crippen molar-refractivity contribution in [2.45, 2.75) is 76.7 Å². The molecule has 2 aromatic heterocycles. The van der Waals surface area contributed by atoms with Crippen LogP contribution in [0.15, 0.2) is 54.9 Å². The van der Waals surface area contributed by atoms with E-state index in [-0.39, 0.29) is 24.3 Å². The van der Waals surface area contributed by atoms with E-state index in [2.05, 4.69) is 25.2 Å². The Hall–Kier alpha value is -5.23. The molecule has 12 nitrogen and oxygen atoms in total. The number of carbonyl (C=O) groups excluding carboxylic acids is 4. The van der Waals surface area contributed by atoms with Gasteiger partial charge in [0.15, 0.2) is 12.4 Å². The molecule has 3 amide bonds. The molecule has 0 radical (unpaired) electrons. The molecule has 2 fully saturated rings. The summed E-state index contributed by atoms with van der Waals surface area (Å²) in [6.07, 6.45) is 13.1. The lowest BCUT2D eigenvalue weighted by atomic mass is 9.75. The number of aryl methyl sites for hydroxylation is 1. The Labute approximate surface area is 320 Å². The van der Waals surface area contributed by atoms with E-state index in [9.17, 15) is 19.2 Å². The van der Waals surface area contributed by atoms with Crippen LogP contribution in [0.1, 0.15) is 92.6 Å². The van der Waals surface area contributed by atoms with Crippen LogP contribution >= 0.6 is 11.6 Å². The van der Waals surface area contributed by atoms with Crippen LogP contribution in [0.4, 0.5) is 5.69 Å². The largest absolute Gasteiger partial charge is 0.493 e. The van der Waals surface area contributed by atoms with Gasteiger partial charge in [0.1, 0.15) is 11.3 Å². The molecule has 0 spiro atoms. The highest BCUT2D eigenvalue weighted by atomic mass is 35.5. The zero-order chi connectivity index (χ0) is 38.4. The molecule has 0 aliphatic heterocycles. The average molecular weight is 755 g/mol. The Balaban J connectivity index is 1.17. The summed E-state index contributed by atoms with van der Waals surface area (Å²) in [6.45, 7) is 4.38. The topological polar surface area (TPSA) is 145 Å². The lowest BCUT2D eigenvalue weighted by molar-refractivity contribution is -0.147. The average Bonchev–Trinajstić information content (AvgIpc) is 3.78. The van der Waals surface area contributed by atoms with Crippen LogP contribution in [-0.4, -0.2) is 75.5 Å². The maximum Gasteiger partial charge on any atom is 0.331 e. The van der Waals surface area contributed by atoms with Crippen LogP contribution in [0.2, 0.25) is 5.02 Å². The summed E-state index contributed by atoms with van der Waals surface area (Å²) in [6, 6.07) is 10.8. The van der Waals surface area contributed by atoms with Crippen LogP contribution in [-0.2, 0) is 26.2 Å². The van der Waals surface area contributed by atoms with Gasteiger partial charge in [0.2, 0.25) is 5.91 Å². The van der Waals surface area contributed by atoms with Crippen molar-refractivity contribution in [3.05, 3.63) is 76.6 Å². The summed E-state index contributed by atoms with van der Waals surface area (Å²) in [4.78, 5) is 62.7. The van der Waals surface area contributed by atoms with E-state index in [1.807, 2.05) is 39.1 Å². The van der Waals surface area contributed by atoms with Gasteiger partial charge in [0, 0.05) is 72.9 Å². The van der Waals surface area contributed by atoms with E-state index in [1.165, 1.54) is 29.4 Å². The molecule has 284 valence electrons. The molecule has 54 heavy (non-hydrogen) atoms. The van der Waals surface area contributed by atoms with Gasteiger partial charge in [-0.3, -0.25) is 14.4 Å². The molecule has 0 saturated heterocycles. The molecule has 0 unspecified atom stereocenters. The highest BCUT2D eigenvalue weighted by Gasteiger charge is 2.45. The van der Waals surface area contributed by atoms with Crippen molar-refractivity contribution < 1.29 is 28.7 Å². The molecule has 2 heterocycles. The summed E-state index contributed by atoms with van der Waals surface area (Å²) in [5, 5.41) is 7.56. The second-order valence-electron chi connectivity index (χ2n) is 14.0. The number of carbonyl (C=O) groups is 4. The first-order valence-electron chi connectivity index (χ1n) is 18.6. The third-order valence-corrected chi connectivity index (χ3v) is 10.6. The SMILES string of the molecule is CCCN(C)C(=O)COC(=O)/C=C/c1ccc(NC(=O)C2(NC(=O)c3ccc4c(C5CCCC5)c(-c5ncc(Cl)cn5)n(C)c4c3)CCC2)cc1OCC. The number of hydrogen-bond acceptors (Lipinski definition) is 8. The van der Waals surface area contributed by atoms with Crippen molar-refractivity contribution in [2.24, 2.45) is 7.05 Å². The van der Waals surface area contributed by atoms with Crippen LogP contribution in [0.25, 0.3) is 28.5 Å². The van der Waals surface area contributed by atoms with Crippen LogP contribution < -0.4 is 15.4 Å². The van der Waals surface area contributed by atoms with Gasteiger partial charge in [-0.05, 0) is 87.3 Å². The Morgan fingerprint density at radius 2 is 1.78 bits per heavy atom. The highest BCUT2D eigenvalue weighted by molar-refractivity contribution is 6.30. The van der Waals surface area contributed by atoms with Crippen molar-refractivity contribution in [3.63, 3.8) is 0 Å². The van der Waals surface area contributed by atoms with Gasteiger partial charge in [-0.1, -0.05) is 37.4 Å². The van der Waals surface area contributed by atoms with Crippen LogP contribution in [0, 0.1) is 0 Å². The number of rotatable bonds is 14. The van der Waals surface area contributed by atoms with Crippen LogP contribution in [0.5, 0.6) is 5.75 Å². The zero-order valence-corrected chi connectivity index (χ0v) is 32.0. The third-order valence-electron chi connectivity index (χ3n) is 10.4. The fourth-order valence-corrected chi connectivity index (χ4v) is 7.46. The van der Waals surface area contributed by atoms with Gasteiger partial charge >= 0.3 is 5.97 Å². The Morgan fingerprint density at radius 3 is 2.44 bits per heavy atom. The summed E-state index contributed by atoms with van der Waals surface area (Å²) in [5.74, 6) is -0.184. The highest BCUT2D eigenvalue weighted by Crippen LogP contribution is 2.44. The Kier molecular flexibility index (Phi) is 12.0. The molecule has 2 N–H and O–H groups in total. The number of ether oxygens (including phenoxy) is 2. The van der Waals surface area contributed by atoms with E-state index in [0.29, 0.717) is 65.3 Å². The van der Waals surface area contributed by atoms with Gasteiger partial charge in [-0.2, -0.15) is 0 Å². The molecule has 0 bridgehead atoms. The first kappa shape index (κ1) is 38.5. The van der Waals surface area contributed by atoms with Crippen molar-refractivity contribution in [1.29, 1.82) is 0 Å². The summed E-state index contributed by atoms with van der Waals surface area (Å²) >= 11 is 6.12. The summed E-state index contributed by atoms with van der Waals surface area (Å²) in [5.41, 5.74) is 3.47. The zero-order valence-electron chi connectivity index (χ0n) is 31.2. The van der Waals surface area contributed by atoms with E-state index < -0.39 is 11.5 Å². The molecule has 13 heteroatoms. The number of nitrogens with one attached hydrogen (secondary N) is 2. The van der Waals surface area contributed by atoms with E-state index in [4.69, 9.17) is 21.1 Å². The number of likely N-dealkylation sites (N-methyl/N-ethyl adjacent to an activating group) is 1. The van der Waals surface area contributed by atoms with Gasteiger partial charge in [-0.25, -0.2) is 14.8 Å². The normalized spacial score (nSPS) is 15.2. The fourth-order valence-electron chi connectivity index (χ4n) is 7.36. The number of amides is 3. The minimum absolute atomic E-state index is 0.279. The first-order valence-corrected chi connectivity index (χ1v) is 19.0. The van der Waals surface area contributed by atoms with Crippen molar-refractivity contribution >= 4 is 58.0 Å². The number of benzene rings is 2. The van der Waals surface area contributed by atoms with Gasteiger partial charge in [0.05, 0.1) is 17.3 Å². The first-order chi connectivity index (χ1) is 26.0. The molecule has 2 aliphatic rings. The number of esters is 1. The van der Waals surface area contributed by atoms with E-state index in [0.717, 1.165) is 42.3 Å². The minimum atomic E-state index is -1.08. The number of aromatic nitrogens is 3. The Morgan fingerprint density at radius 1 is 1.04 bits per heavy atom. The van der Waals surface area contributed by atoms with Gasteiger partial charge in [-0.15, -0.1) is 0 Å². The number of fused-ring (bicyclic) bond motifs is 1. The molecular formula is C41H47ClN6O6. The maximum absolute atomic E-state index is 13.9. The quantitative estimate of drug-likeness (QED) is 0.103. The lowest BCUT2D eigenvalue weighted by Crippen LogP contribution is -2.61. The predicted molar refractivity (Wildman–Crippen MR) is 208 cm³/mol. The van der Waals surface area contributed by atoms with Crippen LogP contribution in [0.3, 0.4) is 0 Å². The molecule has 2 aromatic carbocycles. The van der Waals surface area contributed by atoms with Crippen molar-refractivity contribution in [2.75, 3.05) is 32.1 Å². The third kappa shape index (κ3) is 8.28. The minimum Gasteiger partial charge on any atom is -0.493 e. The molecule has 2 saturated carbocycles. The maximum atomic E-state index is 13.9.